The SMILES string of the molecule is CCNC(=NCc1ccc(C#N)cc1F)NCc1ncc(C(C)(C)C)o1. The first kappa shape index (κ1) is 19.4. The van der Waals surface area contributed by atoms with Crippen molar-refractivity contribution in [3.8, 4) is 6.07 Å². The highest BCUT2D eigenvalue weighted by Gasteiger charge is 2.19. The maximum absolute atomic E-state index is 14.0. The Morgan fingerprint density at radius 3 is 2.69 bits per heavy atom. The highest BCUT2D eigenvalue weighted by atomic mass is 19.1. The van der Waals surface area contributed by atoms with Crippen LogP contribution in [0.15, 0.2) is 33.8 Å². The van der Waals surface area contributed by atoms with E-state index in [-0.39, 0.29) is 12.0 Å². The van der Waals surface area contributed by atoms with Gasteiger partial charge < -0.3 is 15.1 Å². The Bertz CT molecular complexity index is 814. The van der Waals surface area contributed by atoms with Crippen molar-refractivity contribution in [1.82, 2.24) is 15.6 Å². The van der Waals surface area contributed by atoms with E-state index < -0.39 is 5.82 Å². The van der Waals surface area contributed by atoms with Gasteiger partial charge in [-0.1, -0.05) is 26.8 Å². The fraction of sp³-hybridized carbons (Fsp3) is 0.421. The Morgan fingerprint density at radius 1 is 1.35 bits per heavy atom. The summed E-state index contributed by atoms with van der Waals surface area (Å²) in [5.41, 5.74) is 0.614. The minimum absolute atomic E-state index is 0.100. The van der Waals surface area contributed by atoms with Crippen molar-refractivity contribution in [1.29, 1.82) is 5.26 Å². The third kappa shape index (κ3) is 5.31. The molecule has 138 valence electrons. The van der Waals surface area contributed by atoms with Crippen LogP contribution in [0.25, 0.3) is 0 Å². The molecule has 2 rings (SSSR count). The highest BCUT2D eigenvalue weighted by Crippen LogP contribution is 2.22. The largest absolute Gasteiger partial charge is 0.443 e. The lowest BCUT2D eigenvalue weighted by Crippen LogP contribution is -2.36. The van der Waals surface area contributed by atoms with Crippen LogP contribution in [0.3, 0.4) is 0 Å². The summed E-state index contributed by atoms with van der Waals surface area (Å²) >= 11 is 0. The molecule has 0 fully saturated rings. The zero-order valence-corrected chi connectivity index (χ0v) is 15.6. The van der Waals surface area contributed by atoms with Crippen molar-refractivity contribution in [2.75, 3.05) is 6.54 Å². The summed E-state index contributed by atoms with van der Waals surface area (Å²) in [6, 6.07) is 6.28. The zero-order valence-electron chi connectivity index (χ0n) is 15.6. The van der Waals surface area contributed by atoms with Gasteiger partial charge in [-0.2, -0.15) is 5.26 Å². The van der Waals surface area contributed by atoms with Gasteiger partial charge in [-0.3, -0.25) is 0 Å². The fourth-order valence-electron chi connectivity index (χ4n) is 2.15. The molecule has 0 unspecified atom stereocenters. The lowest BCUT2D eigenvalue weighted by molar-refractivity contribution is 0.379. The van der Waals surface area contributed by atoms with Crippen LogP contribution in [-0.4, -0.2) is 17.5 Å². The normalized spacial score (nSPS) is 11.9. The predicted octanol–water partition coefficient (Wildman–Crippen LogP) is 3.24. The summed E-state index contributed by atoms with van der Waals surface area (Å²) in [7, 11) is 0. The van der Waals surface area contributed by atoms with E-state index in [2.05, 4.69) is 41.4 Å². The first-order valence-corrected chi connectivity index (χ1v) is 8.49. The Labute approximate surface area is 153 Å². The summed E-state index contributed by atoms with van der Waals surface area (Å²) in [4.78, 5) is 8.64. The molecule has 1 aromatic heterocycles. The highest BCUT2D eigenvalue weighted by molar-refractivity contribution is 5.79. The zero-order chi connectivity index (χ0) is 19.2. The topological polar surface area (TPSA) is 86.2 Å². The molecule has 0 bridgehead atoms. The molecule has 0 spiro atoms. The van der Waals surface area contributed by atoms with Crippen LogP contribution in [0.5, 0.6) is 0 Å². The van der Waals surface area contributed by atoms with Gasteiger partial charge in [0.15, 0.2) is 5.96 Å². The lowest BCUT2D eigenvalue weighted by atomic mass is 9.94. The molecule has 0 atom stereocenters. The number of nitriles is 1. The number of aliphatic imine (C=N–C) groups is 1. The lowest BCUT2D eigenvalue weighted by Gasteiger charge is -2.13. The van der Waals surface area contributed by atoms with Crippen molar-refractivity contribution in [3.05, 3.63) is 53.0 Å². The Hall–Kier alpha value is -2.88. The standard InChI is InChI=1S/C19H24FN5O/c1-5-22-18(24-10-14-7-6-13(9-21)8-15(14)20)25-12-17-23-11-16(26-17)19(2,3)4/h6-8,11H,5,10,12H2,1-4H3,(H2,22,24,25). The third-order valence-corrected chi connectivity index (χ3v) is 3.63. The second kappa shape index (κ2) is 8.48. The fourth-order valence-corrected chi connectivity index (χ4v) is 2.15. The van der Waals surface area contributed by atoms with Gasteiger partial charge >= 0.3 is 0 Å². The molecule has 0 aliphatic heterocycles. The number of nitrogens with zero attached hydrogens (tertiary/aromatic N) is 3. The molecule has 2 N–H and O–H groups in total. The van der Waals surface area contributed by atoms with Crippen molar-refractivity contribution in [2.24, 2.45) is 4.99 Å². The molecule has 0 aliphatic rings. The number of nitrogens with one attached hydrogen (secondary N) is 2. The number of rotatable bonds is 5. The molecule has 1 aromatic carbocycles. The second-order valence-electron chi connectivity index (χ2n) is 6.83. The van der Waals surface area contributed by atoms with E-state index >= 15 is 0 Å². The molecule has 0 radical (unpaired) electrons. The average molecular weight is 357 g/mol. The predicted molar refractivity (Wildman–Crippen MR) is 98.0 cm³/mol. The maximum Gasteiger partial charge on any atom is 0.213 e. The van der Waals surface area contributed by atoms with Gasteiger partial charge in [0.2, 0.25) is 5.89 Å². The number of hydrogen-bond acceptors (Lipinski definition) is 4. The van der Waals surface area contributed by atoms with E-state index in [1.807, 2.05) is 13.0 Å². The van der Waals surface area contributed by atoms with Crippen LogP contribution in [0.2, 0.25) is 0 Å². The van der Waals surface area contributed by atoms with Gasteiger partial charge in [-0.15, -0.1) is 0 Å². The molecule has 6 nitrogen and oxygen atoms in total. The number of aromatic nitrogens is 1. The molecule has 0 saturated heterocycles. The molecule has 0 amide bonds. The summed E-state index contributed by atoms with van der Waals surface area (Å²) in [5.74, 6) is 1.47. The van der Waals surface area contributed by atoms with E-state index in [4.69, 9.17) is 9.68 Å². The number of guanidine groups is 1. The smallest absolute Gasteiger partial charge is 0.213 e. The van der Waals surface area contributed by atoms with Gasteiger partial charge in [0.1, 0.15) is 11.6 Å². The van der Waals surface area contributed by atoms with E-state index in [1.165, 1.54) is 6.07 Å². The number of halogens is 1. The average Bonchev–Trinajstić information content (AvgIpc) is 3.07. The summed E-state index contributed by atoms with van der Waals surface area (Å²) in [6.45, 7) is 9.32. The number of benzene rings is 1. The van der Waals surface area contributed by atoms with Gasteiger partial charge in [-0.05, 0) is 19.1 Å². The van der Waals surface area contributed by atoms with Crippen molar-refractivity contribution >= 4 is 5.96 Å². The molecular formula is C19H24FN5O. The molecule has 2 aromatic rings. The first-order valence-electron chi connectivity index (χ1n) is 8.49. The molecule has 26 heavy (non-hydrogen) atoms. The Kier molecular flexibility index (Phi) is 6.34. The van der Waals surface area contributed by atoms with Gasteiger partial charge in [0.25, 0.3) is 0 Å². The van der Waals surface area contributed by atoms with Gasteiger partial charge in [0, 0.05) is 17.5 Å². The molecule has 0 saturated carbocycles. The maximum atomic E-state index is 14.0. The second-order valence-corrected chi connectivity index (χ2v) is 6.83. The first-order chi connectivity index (χ1) is 12.3. The van der Waals surface area contributed by atoms with Crippen molar-refractivity contribution in [2.45, 2.75) is 46.2 Å². The van der Waals surface area contributed by atoms with E-state index in [9.17, 15) is 4.39 Å². The van der Waals surface area contributed by atoms with Crippen LogP contribution in [0.1, 0.15) is 50.5 Å². The van der Waals surface area contributed by atoms with Crippen molar-refractivity contribution in [3.63, 3.8) is 0 Å². The quantitative estimate of drug-likeness (QED) is 0.634. The van der Waals surface area contributed by atoms with Gasteiger partial charge in [-0.25, -0.2) is 14.4 Å². The van der Waals surface area contributed by atoms with E-state index in [0.717, 1.165) is 5.76 Å². The number of oxazole rings is 1. The van der Waals surface area contributed by atoms with E-state index in [1.54, 1.807) is 18.3 Å². The number of hydrogen-bond donors (Lipinski definition) is 2. The van der Waals surface area contributed by atoms with Crippen molar-refractivity contribution < 1.29 is 8.81 Å². The molecular weight excluding hydrogens is 333 g/mol. The van der Waals surface area contributed by atoms with E-state index in [0.29, 0.717) is 36.1 Å². The molecule has 0 aliphatic carbocycles. The van der Waals surface area contributed by atoms with Crippen LogP contribution >= 0.6 is 0 Å². The third-order valence-electron chi connectivity index (χ3n) is 3.63. The molecule has 7 heteroatoms. The van der Waals surface area contributed by atoms with Crippen LogP contribution in [0.4, 0.5) is 4.39 Å². The van der Waals surface area contributed by atoms with Crippen LogP contribution < -0.4 is 10.6 Å². The summed E-state index contributed by atoms with van der Waals surface area (Å²) in [6.07, 6.45) is 1.73. The van der Waals surface area contributed by atoms with Gasteiger partial charge in [0.05, 0.1) is 30.9 Å². The Morgan fingerprint density at radius 2 is 2.12 bits per heavy atom. The molecule has 1 heterocycles. The van der Waals surface area contributed by atoms with Crippen LogP contribution in [-0.2, 0) is 18.5 Å². The minimum atomic E-state index is -0.439. The Balaban J connectivity index is 2.03. The minimum Gasteiger partial charge on any atom is -0.443 e. The summed E-state index contributed by atoms with van der Waals surface area (Å²) in [5, 5.41) is 15.0. The van der Waals surface area contributed by atoms with Crippen LogP contribution in [0, 0.1) is 17.1 Å². The summed E-state index contributed by atoms with van der Waals surface area (Å²) < 4.78 is 19.7. The monoisotopic (exact) mass is 357 g/mol.